The van der Waals surface area contributed by atoms with E-state index in [1.54, 1.807) is 18.2 Å². The van der Waals surface area contributed by atoms with E-state index in [2.05, 4.69) is 20.7 Å². The summed E-state index contributed by atoms with van der Waals surface area (Å²) in [6.07, 6.45) is 1.22. The standard InChI is InChI=1S/C26H22FN5O4/c1-15-3-2-4-16(7-15)11-29-26(35)22-10-21(31-24-20(27)13-30-32(22)24)25(34)28-12-17-5-6-23-18(8-17)9-19(33)14-36-23/h2-8,10,13H,9,11-12,14H2,1H3,(H,28,34)(H,29,35). The van der Waals surface area contributed by atoms with Gasteiger partial charge < -0.3 is 15.4 Å². The van der Waals surface area contributed by atoms with Crippen molar-refractivity contribution in [2.24, 2.45) is 0 Å². The van der Waals surface area contributed by atoms with E-state index in [-0.39, 0.29) is 48.9 Å². The first-order chi connectivity index (χ1) is 17.4. The number of ketones is 1. The van der Waals surface area contributed by atoms with Gasteiger partial charge in [-0.05, 0) is 30.2 Å². The highest BCUT2D eigenvalue weighted by molar-refractivity contribution is 5.98. The first-order valence-corrected chi connectivity index (χ1v) is 11.3. The minimum absolute atomic E-state index is 0.0165. The molecule has 2 aromatic heterocycles. The number of rotatable bonds is 6. The lowest BCUT2D eigenvalue weighted by Crippen LogP contribution is -2.28. The number of nitrogens with one attached hydrogen (secondary N) is 2. The summed E-state index contributed by atoms with van der Waals surface area (Å²) in [6, 6.07) is 14.3. The van der Waals surface area contributed by atoms with Crippen molar-refractivity contribution in [3.05, 3.63) is 94.2 Å². The molecule has 0 bridgehead atoms. The van der Waals surface area contributed by atoms with E-state index >= 15 is 0 Å². The Hall–Kier alpha value is -4.60. The number of aromatic nitrogens is 3. The summed E-state index contributed by atoms with van der Waals surface area (Å²) in [6.45, 7) is 2.40. The van der Waals surface area contributed by atoms with Crippen molar-refractivity contribution in [1.29, 1.82) is 0 Å². The van der Waals surface area contributed by atoms with Gasteiger partial charge in [0.05, 0.1) is 6.20 Å². The molecule has 1 aliphatic heterocycles. The number of aryl methyl sites for hydroxylation is 1. The van der Waals surface area contributed by atoms with Gasteiger partial charge in [0, 0.05) is 31.1 Å². The fourth-order valence-corrected chi connectivity index (χ4v) is 4.03. The van der Waals surface area contributed by atoms with Crippen molar-refractivity contribution in [3.8, 4) is 5.75 Å². The van der Waals surface area contributed by atoms with Gasteiger partial charge >= 0.3 is 0 Å². The zero-order valence-electron chi connectivity index (χ0n) is 19.4. The van der Waals surface area contributed by atoms with Crippen LogP contribution in [-0.2, 0) is 24.3 Å². The first-order valence-electron chi connectivity index (χ1n) is 11.3. The maximum absolute atomic E-state index is 14.3. The van der Waals surface area contributed by atoms with Crippen LogP contribution < -0.4 is 15.4 Å². The predicted molar refractivity (Wildman–Crippen MR) is 127 cm³/mol. The molecule has 36 heavy (non-hydrogen) atoms. The molecule has 182 valence electrons. The highest BCUT2D eigenvalue weighted by Gasteiger charge is 2.21. The van der Waals surface area contributed by atoms with Crippen LogP contribution in [0.25, 0.3) is 5.65 Å². The molecular formula is C26H22FN5O4. The third-order valence-corrected chi connectivity index (χ3v) is 5.78. The number of ether oxygens (including phenoxy) is 1. The van der Waals surface area contributed by atoms with Crippen molar-refractivity contribution in [2.45, 2.75) is 26.4 Å². The van der Waals surface area contributed by atoms with Gasteiger partial charge in [-0.3, -0.25) is 14.4 Å². The van der Waals surface area contributed by atoms with Gasteiger partial charge in [-0.25, -0.2) is 13.9 Å². The molecule has 0 saturated heterocycles. The number of hydrogen-bond acceptors (Lipinski definition) is 6. The summed E-state index contributed by atoms with van der Waals surface area (Å²) in [7, 11) is 0. The average Bonchev–Trinajstić information content (AvgIpc) is 3.25. The van der Waals surface area contributed by atoms with Gasteiger partial charge in [0.2, 0.25) is 0 Å². The zero-order chi connectivity index (χ0) is 25.2. The van der Waals surface area contributed by atoms with Gasteiger partial charge in [-0.15, -0.1) is 0 Å². The van der Waals surface area contributed by atoms with E-state index in [1.165, 1.54) is 6.07 Å². The molecule has 0 atom stereocenters. The van der Waals surface area contributed by atoms with Crippen molar-refractivity contribution in [3.63, 3.8) is 0 Å². The Morgan fingerprint density at radius 3 is 2.64 bits per heavy atom. The highest BCUT2D eigenvalue weighted by atomic mass is 19.1. The van der Waals surface area contributed by atoms with Crippen molar-refractivity contribution < 1.29 is 23.5 Å². The minimum Gasteiger partial charge on any atom is -0.486 e. The maximum atomic E-state index is 14.3. The summed E-state index contributed by atoms with van der Waals surface area (Å²) in [5.74, 6) is -1.24. The number of hydrogen-bond donors (Lipinski definition) is 2. The molecule has 5 rings (SSSR count). The van der Waals surface area contributed by atoms with Crippen LogP contribution in [0.2, 0.25) is 0 Å². The molecule has 9 nitrogen and oxygen atoms in total. The van der Waals surface area contributed by atoms with E-state index in [1.807, 2.05) is 31.2 Å². The van der Waals surface area contributed by atoms with Crippen LogP contribution >= 0.6 is 0 Å². The van der Waals surface area contributed by atoms with Gasteiger partial charge in [-0.1, -0.05) is 35.9 Å². The summed E-state index contributed by atoms with van der Waals surface area (Å²) in [4.78, 5) is 41.6. The normalized spacial score (nSPS) is 12.7. The zero-order valence-corrected chi connectivity index (χ0v) is 19.4. The van der Waals surface area contributed by atoms with E-state index in [0.717, 1.165) is 33.0 Å². The SMILES string of the molecule is Cc1cccc(CNC(=O)c2cc(C(=O)NCc3ccc4c(c3)CC(=O)CO4)nc3c(F)cnn23)c1. The lowest BCUT2D eigenvalue weighted by Gasteiger charge is -2.17. The molecule has 0 saturated carbocycles. The van der Waals surface area contributed by atoms with E-state index in [9.17, 15) is 18.8 Å². The van der Waals surface area contributed by atoms with Crippen LogP contribution in [0.4, 0.5) is 4.39 Å². The Balaban J connectivity index is 1.34. The lowest BCUT2D eigenvalue weighted by atomic mass is 10.0. The highest BCUT2D eigenvalue weighted by Crippen LogP contribution is 2.24. The quantitative estimate of drug-likeness (QED) is 0.432. The Morgan fingerprint density at radius 2 is 1.83 bits per heavy atom. The van der Waals surface area contributed by atoms with Gasteiger partial charge in [0.1, 0.15) is 23.7 Å². The second-order valence-electron chi connectivity index (χ2n) is 8.56. The summed E-state index contributed by atoms with van der Waals surface area (Å²) in [5.41, 5.74) is 3.09. The number of amides is 2. The topological polar surface area (TPSA) is 115 Å². The molecule has 3 heterocycles. The molecule has 4 aromatic rings. The Morgan fingerprint density at radius 1 is 1.06 bits per heavy atom. The number of benzene rings is 2. The molecule has 2 aromatic carbocycles. The van der Waals surface area contributed by atoms with Crippen molar-refractivity contribution >= 4 is 23.2 Å². The summed E-state index contributed by atoms with van der Waals surface area (Å²) in [5, 5.41) is 9.40. The van der Waals surface area contributed by atoms with Crippen LogP contribution in [0.5, 0.6) is 5.75 Å². The number of Topliss-reactive ketones (excluding diaryl/α,β-unsaturated/α-hetero) is 1. The average molecular weight is 487 g/mol. The van der Waals surface area contributed by atoms with Crippen LogP contribution in [0, 0.1) is 12.7 Å². The molecule has 0 fully saturated rings. The largest absolute Gasteiger partial charge is 0.486 e. The van der Waals surface area contributed by atoms with Gasteiger partial charge in [-0.2, -0.15) is 5.10 Å². The molecular weight excluding hydrogens is 465 g/mol. The van der Waals surface area contributed by atoms with Crippen LogP contribution in [0.1, 0.15) is 43.2 Å². The van der Waals surface area contributed by atoms with Crippen LogP contribution in [0.15, 0.2) is 54.7 Å². The van der Waals surface area contributed by atoms with Gasteiger partial charge in [0.15, 0.2) is 17.2 Å². The second-order valence-corrected chi connectivity index (χ2v) is 8.56. The summed E-state index contributed by atoms with van der Waals surface area (Å²) >= 11 is 0. The van der Waals surface area contributed by atoms with E-state index < -0.39 is 17.6 Å². The molecule has 1 aliphatic rings. The smallest absolute Gasteiger partial charge is 0.270 e. The number of fused-ring (bicyclic) bond motifs is 2. The lowest BCUT2D eigenvalue weighted by molar-refractivity contribution is -0.121. The van der Waals surface area contributed by atoms with Crippen LogP contribution in [0.3, 0.4) is 0 Å². The first kappa shape index (κ1) is 23.2. The fourth-order valence-electron chi connectivity index (χ4n) is 4.03. The monoisotopic (exact) mass is 487 g/mol. The van der Waals surface area contributed by atoms with Crippen LogP contribution in [-0.4, -0.2) is 38.8 Å². The fraction of sp³-hybridized carbons (Fsp3) is 0.192. The number of carbonyl (C=O) groups is 3. The Kier molecular flexibility index (Phi) is 6.16. The van der Waals surface area contributed by atoms with Gasteiger partial charge in [0.25, 0.3) is 11.8 Å². The van der Waals surface area contributed by atoms with Crippen molar-refractivity contribution in [1.82, 2.24) is 25.2 Å². The molecule has 0 unspecified atom stereocenters. The number of nitrogens with zero attached hydrogens (tertiary/aromatic N) is 3. The summed E-state index contributed by atoms with van der Waals surface area (Å²) < 4.78 is 20.8. The second kappa shape index (κ2) is 9.57. The molecule has 10 heteroatoms. The molecule has 0 radical (unpaired) electrons. The van der Waals surface area contributed by atoms with Crippen molar-refractivity contribution in [2.75, 3.05) is 6.61 Å². The third kappa shape index (κ3) is 4.78. The molecule has 2 amide bonds. The van der Waals surface area contributed by atoms with E-state index in [0.29, 0.717) is 5.75 Å². The maximum Gasteiger partial charge on any atom is 0.270 e. The third-order valence-electron chi connectivity index (χ3n) is 5.78. The molecule has 2 N–H and O–H groups in total. The Bertz CT molecular complexity index is 1510. The van der Waals surface area contributed by atoms with E-state index in [4.69, 9.17) is 4.74 Å². The predicted octanol–water partition coefficient (Wildman–Crippen LogP) is 2.54. The minimum atomic E-state index is -0.753. The molecule has 0 aliphatic carbocycles. The molecule has 0 spiro atoms. The number of carbonyl (C=O) groups excluding carboxylic acids is 3. The Labute approximate surface area is 205 Å². The number of halogens is 1.